The molecule has 0 radical (unpaired) electrons. The van der Waals surface area contributed by atoms with Crippen LogP contribution in [-0.2, 0) is 0 Å². The van der Waals surface area contributed by atoms with Crippen molar-refractivity contribution in [1.82, 2.24) is 25.4 Å². The van der Waals surface area contributed by atoms with Crippen LogP contribution in [0.3, 0.4) is 0 Å². The summed E-state index contributed by atoms with van der Waals surface area (Å²) >= 11 is 6.17. The molecule has 0 spiro atoms. The summed E-state index contributed by atoms with van der Waals surface area (Å²) in [6.07, 6.45) is 0.749. The summed E-state index contributed by atoms with van der Waals surface area (Å²) < 4.78 is 57.8. The van der Waals surface area contributed by atoms with Gasteiger partial charge in [0.05, 0.1) is 22.8 Å². The normalized spacial score (nSPS) is 16.4. The van der Waals surface area contributed by atoms with Gasteiger partial charge in [0.15, 0.2) is 5.69 Å². The van der Waals surface area contributed by atoms with Gasteiger partial charge in [-0.25, -0.2) is 22.2 Å². The van der Waals surface area contributed by atoms with Crippen LogP contribution in [0.25, 0.3) is 16.9 Å². The van der Waals surface area contributed by atoms with Gasteiger partial charge in [0.25, 0.3) is 17.7 Å². The van der Waals surface area contributed by atoms with Crippen LogP contribution >= 0.6 is 11.6 Å². The zero-order valence-corrected chi connectivity index (χ0v) is 21.4. The summed E-state index contributed by atoms with van der Waals surface area (Å²) in [6, 6.07) is 13.3. The number of hydrogen-bond acceptors (Lipinski definition) is 5. The largest absolute Gasteiger partial charge is 0.346 e. The van der Waals surface area contributed by atoms with Crippen molar-refractivity contribution in [1.29, 1.82) is 0 Å². The van der Waals surface area contributed by atoms with Crippen molar-refractivity contribution < 1.29 is 27.2 Å². The molecule has 1 aliphatic rings. The molecular formula is C27H21ClF4N6O2. The number of carbonyl (C=O) groups is 2. The third kappa shape index (κ3) is 5.82. The van der Waals surface area contributed by atoms with Crippen LogP contribution in [0, 0.1) is 11.6 Å². The second kappa shape index (κ2) is 11.1. The third-order valence-electron chi connectivity index (χ3n) is 6.15. The smallest absolute Gasteiger partial charge is 0.272 e. The molecule has 2 amide bonds. The topological polar surface area (TPSA) is 101 Å². The number of para-hydroxylation sites is 1. The summed E-state index contributed by atoms with van der Waals surface area (Å²) in [5.41, 5.74) is -0.437. The lowest BCUT2D eigenvalue weighted by atomic mass is 10.0. The monoisotopic (exact) mass is 572 g/mol. The first kappa shape index (κ1) is 27.3. The first-order chi connectivity index (χ1) is 19.1. The minimum atomic E-state index is -2.97. The Kier molecular flexibility index (Phi) is 7.55. The van der Waals surface area contributed by atoms with Crippen molar-refractivity contribution in [2.24, 2.45) is 0 Å². The van der Waals surface area contributed by atoms with Crippen LogP contribution in [0.5, 0.6) is 0 Å². The molecule has 4 aromatic rings. The van der Waals surface area contributed by atoms with E-state index in [1.807, 2.05) is 0 Å². The van der Waals surface area contributed by atoms with Gasteiger partial charge < -0.3 is 16.0 Å². The van der Waals surface area contributed by atoms with E-state index in [2.05, 4.69) is 26.0 Å². The summed E-state index contributed by atoms with van der Waals surface area (Å²) in [7, 11) is 0. The predicted molar refractivity (Wildman–Crippen MR) is 140 cm³/mol. The van der Waals surface area contributed by atoms with Gasteiger partial charge >= 0.3 is 0 Å². The second-order valence-electron chi connectivity index (χ2n) is 9.12. The first-order valence-corrected chi connectivity index (χ1v) is 12.5. The summed E-state index contributed by atoms with van der Waals surface area (Å²) in [6.45, 7) is -0.314. The SMILES string of the molecule is O=C(NC1CNCC(F)(F)C1)c1cc(NC(=O)c2cc(-c3ncccc3F)c(F)cc2Cl)n(-c2ccccc2)n1. The molecule has 0 saturated carbocycles. The van der Waals surface area contributed by atoms with E-state index in [0.717, 1.165) is 18.2 Å². The highest BCUT2D eigenvalue weighted by Crippen LogP contribution is 2.30. The lowest BCUT2D eigenvalue weighted by Crippen LogP contribution is -2.53. The number of carbonyl (C=O) groups excluding carboxylic acids is 2. The van der Waals surface area contributed by atoms with Crippen molar-refractivity contribution in [2.75, 3.05) is 18.4 Å². The molecule has 5 rings (SSSR count). The number of nitrogens with zero attached hydrogens (tertiary/aromatic N) is 3. The molecule has 1 aliphatic heterocycles. The van der Waals surface area contributed by atoms with Crippen LogP contribution in [-0.4, -0.2) is 51.6 Å². The molecule has 3 heterocycles. The molecule has 2 aromatic heterocycles. The molecule has 2 aromatic carbocycles. The fourth-order valence-electron chi connectivity index (χ4n) is 4.31. The molecule has 1 atom stereocenters. The molecule has 40 heavy (non-hydrogen) atoms. The van der Waals surface area contributed by atoms with E-state index >= 15 is 0 Å². The van der Waals surface area contributed by atoms with E-state index in [-0.39, 0.29) is 39.9 Å². The molecular weight excluding hydrogens is 552 g/mol. The standard InChI is InChI=1S/C27H21ClF4N6O2/c28-19-10-21(30)18(24-20(29)7-4-8-34-24)9-17(19)25(39)36-23-11-22(37-38(23)16-5-2-1-3-6-16)26(40)35-15-12-27(31,32)14-33-13-15/h1-11,15,33H,12-14H2,(H,35,40)(H,36,39). The zero-order chi connectivity index (χ0) is 28.4. The highest BCUT2D eigenvalue weighted by Gasteiger charge is 2.37. The van der Waals surface area contributed by atoms with Gasteiger partial charge in [-0.1, -0.05) is 29.8 Å². The fraction of sp³-hybridized carbons (Fsp3) is 0.185. The van der Waals surface area contributed by atoms with Crippen molar-refractivity contribution in [3.05, 3.63) is 94.8 Å². The van der Waals surface area contributed by atoms with E-state index in [1.165, 1.54) is 23.0 Å². The fourth-order valence-corrected chi connectivity index (χ4v) is 4.55. The molecule has 1 unspecified atom stereocenters. The molecule has 1 saturated heterocycles. The average Bonchev–Trinajstić information content (AvgIpc) is 3.33. The Morgan fingerprint density at radius 1 is 1.02 bits per heavy atom. The number of aromatic nitrogens is 3. The molecule has 3 N–H and O–H groups in total. The number of nitrogens with one attached hydrogen (secondary N) is 3. The highest BCUT2D eigenvalue weighted by molar-refractivity contribution is 6.34. The van der Waals surface area contributed by atoms with Crippen LogP contribution < -0.4 is 16.0 Å². The summed E-state index contributed by atoms with van der Waals surface area (Å²) in [5.74, 6) is -6.12. The number of hydrogen-bond donors (Lipinski definition) is 3. The van der Waals surface area contributed by atoms with Crippen LogP contribution in [0.1, 0.15) is 27.3 Å². The predicted octanol–water partition coefficient (Wildman–Crippen LogP) is 4.85. The first-order valence-electron chi connectivity index (χ1n) is 12.1. The van der Waals surface area contributed by atoms with E-state index in [4.69, 9.17) is 11.6 Å². The van der Waals surface area contributed by atoms with Crippen molar-refractivity contribution >= 4 is 29.2 Å². The van der Waals surface area contributed by atoms with Crippen molar-refractivity contribution in [3.63, 3.8) is 0 Å². The molecule has 0 bridgehead atoms. The molecule has 206 valence electrons. The maximum Gasteiger partial charge on any atom is 0.272 e. The minimum absolute atomic E-state index is 0.0411. The van der Waals surface area contributed by atoms with Gasteiger partial charge in [0, 0.05) is 36.8 Å². The van der Waals surface area contributed by atoms with Gasteiger partial charge in [-0.2, -0.15) is 5.10 Å². The number of rotatable bonds is 6. The van der Waals surface area contributed by atoms with Crippen LogP contribution in [0.2, 0.25) is 5.02 Å². The van der Waals surface area contributed by atoms with E-state index in [1.54, 1.807) is 30.3 Å². The van der Waals surface area contributed by atoms with E-state index in [9.17, 15) is 27.2 Å². The van der Waals surface area contributed by atoms with Gasteiger partial charge in [-0.15, -0.1) is 0 Å². The molecule has 1 fully saturated rings. The Morgan fingerprint density at radius 3 is 2.52 bits per heavy atom. The Balaban J connectivity index is 1.46. The van der Waals surface area contributed by atoms with Crippen molar-refractivity contribution in [3.8, 4) is 16.9 Å². The number of pyridine rings is 1. The van der Waals surface area contributed by atoms with Crippen LogP contribution in [0.4, 0.5) is 23.4 Å². The molecule has 13 heteroatoms. The maximum absolute atomic E-state index is 14.7. The number of piperidine rings is 1. The number of halogens is 5. The Hall–Kier alpha value is -4.29. The quantitative estimate of drug-likeness (QED) is 0.287. The Bertz CT molecular complexity index is 1580. The van der Waals surface area contributed by atoms with Crippen LogP contribution in [0.15, 0.2) is 66.9 Å². The van der Waals surface area contributed by atoms with Gasteiger partial charge in [0.2, 0.25) is 0 Å². The maximum atomic E-state index is 14.7. The number of benzene rings is 2. The average molecular weight is 573 g/mol. The molecule has 8 nitrogen and oxygen atoms in total. The number of alkyl halides is 2. The second-order valence-corrected chi connectivity index (χ2v) is 9.53. The summed E-state index contributed by atoms with van der Waals surface area (Å²) in [5, 5.41) is 11.7. The molecule has 0 aliphatic carbocycles. The van der Waals surface area contributed by atoms with E-state index < -0.39 is 48.4 Å². The number of anilines is 1. The number of amides is 2. The lowest BCUT2D eigenvalue weighted by molar-refractivity contribution is -0.0301. The van der Waals surface area contributed by atoms with Gasteiger partial charge in [-0.3, -0.25) is 14.6 Å². The highest BCUT2D eigenvalue weighted by atomic mass is 35.5. The van der Waals surface area contributed by atoms with Gasteiger partial charge in [0.1, 0.15) is 23.1 Å². The lowest BCUT2D eigenvalue weighted by Gasteiger charge is -2.30. The minimum Gasteiger partial charge on any atom is -0.346 e. The van der Waals surface area contributed by atoms with Gasteiger partial charge in [-0.05, 0) is 36.4 Å². The third-order valence-corrected chi connectivity index (χ3v) is 6.47. The Labute approximate surface area is 230 Å². The zero-order valence-electron chi connectivity index (χ0n) is 20.6. The van der Waals surface area contributed by atoms with E-state index in [0.29, 0.717) is 5.69 Å². The Morgan fingerprint density at radius 2 is 1.80 bits per heavy atom. The summed E-state index contributed by atoms with van der Waals surface area (Å²) in [4.78, 5) is 30.1. The van der Waals surface area contributed by atoms with Crippen molar-refractivity contribution in [2.45, 2.75) is 18.4 Å².